The summed E-state index contributed by atoms with van der Waals surface area (Å²) in [5, 5.41) is 19.4. The molecule has 152 valence electrons. The largest absolute Gasteiger partial charge is 0.513 e. The van der Waals surface area contributed by atoms with Gasteiger partial charge in [0, 0.05) is 17.7 Å². The van der Waals surface area contributed by atoms with Gasteiger partial charge in [0.2, 0.25) is 0 Å². The van der Waals surface area contributed by atoms with Crippen molar-refractivity contribution in [2.75, 3.05) is 4.90 Å². The lowest BCUT2D eigenvalue weighted by Crippen LogP contribution is -2.31. The summed E-state index contributed by atoms with van der Waals surface area (Å²) < 4.78 is 9.99. The molecule has 1 unspecified atom stereocenters. The number of ether oxygens (including phenoxy) is 1. The number of aromatic amines is 1. The Bertz CT molecular complexity index is 1230. The predicted octanol–water partition coefficient (Wildman–Crippen LogP) is 3.09. The highest BCUT2D eigenvalue weighted by molar-refractivity contribution is 6.17. The summed E-state index contributed by atoms with van der Waals surface area (Å²) in [5.74, 6) is -2.18. The Labute approximate surface area is 168 Å². The second kappa shape index (κ2) is 6.48. The number of nitrogens with one attached hydrogen (secondary N) is 1. The molecule has 2 aliphatic rings. The fourth-order valence-electron chi connectivity index (χ4n) is 3.65. The number of hydrogen-bond acceptors (Lipinski definition) is 7. The quantitative estimate of drug-likeness (QED) is 0.545. The van der Waals surface area contributed by atoms with Crippen LogP contribution >= 0.6 is 0 Å². The molecule has 1 saturated carbocycles. The molecule has 10 heteroatoms. The van der Waals surface area contributed by atoms with Gasteiger partial charge in [-0.05, 0) is 37.1 Å². The molecule has 1 atom stereocenters. The summed E-state index contributed by atoms with van der Waals surface area (Å²) in [6.45, 7) is 0. The maximum atomic E-state index is 13.0. The lowest BCUT2D eigenvalue weighted by atomic mass is 9.98. The number of aromatic nitrogens is 2. The number of carbonyl (C=O) groups is 3. The zero-order valence-electron chi connectivity index (χ0n) is 15.4. The number of aliphatic hydroxyl groups is 1. The van der Waals surface area contributed by atoms with Gasteiger partial charge in [0.25, 0.3) is 11.9 Å². The number of anilines is 1. The van der Waals surface area contributed by atoms with Crippen LogP contribution in [0.1, 0.15) is 24.6 Å². The Morgan fingerprint density at radius 1 is 1.23 bits per heavy atom. The summed E-state index contributed by atoms with van der Waals surface area (Å²) in [5.41, 5.74) is 1.69. The van der Waals surface area contributed by atoms with Crippen molar-refractivity contribution < 1.29 is 33.8 Å². The monoisotopic (exact) mass is 409 g/mol. The van der Waals surface area contributed by atoms with Gasteiger partial charge in [0.05, 0.1) is 22.9 Å². The number of H-pyrrole nitrogens is 1. The molecular weight excluding hydrogens is 394 g/mol. The zero-order valence-corrected chi connectivity index (χ0v) is 15.4. The highest BCUT2D eigenvalue weighted by atomic mass is 16.7. The standard InChI is InChI=1S/C20H15N3O7/c24-17(9-1-2-9)15-16(13-5-6-14(29-13)30-20(27)28)23(19(26)18(15)25)10-3-4-11-12(7-10)22-8-21-11/h3-9,16,25H,1-2H2,(H,21,22)(H,27,28). The minimum absolute atomic E-state index is 0.0663. The minimum atomic E-state index is -1.56. The summed E-state index contributed by atoms with van der Waals surface area (Å²) in [7, 11) is 0. The molecule has 1 aromatic carbocycles. The van der Waals surface area contributed by atoms with Gasteiger partial charge >= 0.3 is 6.16 Å². The highest BCUT2D eigenvalue weighted by Crippen LogP contribution is 2.46. The van der Waals surface area contributed by atoms with Gasteiger partial charge in [-0.25, -0.2) is 9.78 Å². The second-order valence-corrected chi connectivity index (χ2v) is 7.11. The first-order valence-electron chi connectivity index (χ1n) is 9.18. The Balaban J connectivity index is 1.62. The van der Waals surface area contributed by atoms with Crippen molar-refractivity contribution in [2.24, 2.45) is 5.92 Å². The van der Waals surface area contributed by atoms with Crippen molar-refractivity contribution in [3.63, 3.8) is 0 Å². The van der Waals surface area contributed by atoms with Crippen molar-refractivity contribution in [3.05, 3.63) is 53.8 Å². The van der Waals surface area contributed by atoms with Gasteiger partial charge < -0.3 is 24.4 Å². The van der Waals surface area contributed by atoms with Crippen molar-refractivity contribution in [1.82, 2.24) is 9.97 Å². The van der Waals surface area contributed by atoms with E-state index in [0.717, 1.165) is 0 Å². The van der Waals surface area contributed by atoms with E-state index in [4.69, 9.17) is 9.52 Å². The topological polar surface area (TPSA) is 146 Å². The lowest BCUT2D eigenvalue weighted by molar-refractivity contribution is -0.118. The molecule has 1 fully saturated rings. The first-order chi connectivity index (χ1) is 14.4. The summed E-state index contributed by atoms with van der Waals surface area (Å²) >= 11 is 0. The number of amides is 1. The Kier molecular flexibility index (Phi) is 3.88. The number of carboxylic acid groups (broad SMARTS) is 1. The Hall–Kier alpha value is -4.08. The molecule has 1 amide bonds. The SMILES string of the molecule is O=C(O)Oc1ccc(C2C(C(=O)C3CC3)=C(O)C(=O)N2c2ccc3nc[nH]c3c2)o1. The molecule has 3 heterocycles. The van der Waals surface area contributed by atoms with Crippen LogP contribution < -0.4 is 9.64 Å². The number of aliphatic hydroxyl groups excluding tert-OH is 1. The van der Waals surface area contributed by atoms with Gasteiger partial charge in [-0.15, -0.1) is 0 Å². The van der Waals surface area contributed by atoms with Crippen molar-refractivity contribution in [2.45, 2.75) is 18.9 Å². The normalized spacial score (nSPS) is 19.0. The van der Waals surface area contributed by atoms with Gasteiger partial charge in [-0.3, -0.25) is 14.5 Å². The lowest BCUT2D eigenvalue weighted by Gasteiger charge is -2.25. The van der Waals surface area contributed by atoms with Crippen molar-refractivity contribution >= 4 is 34.6 Å². The minimum Gasteiger partial charge on any atom is -0.503 e. The molecule has 30 heavy (non-hydrogen) atoms. The van der Waals surface area contributed by atoms with Crippen LogP contribution in [-0.2, 0) is 9.59 Å². The highest BCUT2D eigenvalue weighted by Gasteiger charge is 2.49. The maximum absolute atomic E-state index is 13.0. The Morgan fingerprint density at radius 2 is 2.03 bits per heavy atom. The number of furan rings is 1. The molecule has 3 N–H and O–H groups in total. The number of hydrogen-bond donors (Lipinski definition) is 3. The van der Waals surface area contributed by atoms with Gasteiger partial charge in [-0.1, -0.05) is 0 Å². The predicted molar refractivity (Wildman–Crippen MR) is 101 cm³/mol. The molecule has 2 aromatic heterocycles. The van der Waals surface area contributed by atoms with E-state index in [1.807, 2.05) is 0 Å². The van der Waals surface area contributed by atoms with Crippen LogP contribution in [0.3, 0.4) is 0 Å². The second-order valence-electron chi connectivity index (χ2n) is 7.11. The molecule has 0 saturated heterocycles. The van der Waals surface area contributed by atoms with Gasteiger partial charge in [-0.2, -0.15) is 0 Å². The van der Waals surface area contributed by atoms with Crippen LogP contribution in [0, 0.1) is 5.92 Å². The molecule has 1 aliphatic heterocycles. The van der Waals surface area contributed by atoms with Crippen molar-refractivity contribution in [1.29, 1.82) is 0 Å². The number of carbonyl (C=O) groups excluding carboxylic acids is 2. The fourth-order valence-corrected chi connectivity index (χ4v) is 3.65. The molecule has 0 spiro atoms. The molecule has 3 aromatic rings. The third-order valence-electron chi connectivity index (χ3n) is 5.16. The van der Waals surface area contributed by atoms with Crippen molar-refractivity contribution in [3.8, 4) is 5.95 Å². The maximum Gasteiger partial charge on any atom is 0.513 e. The number of ketones is 1. The number of nitrogens with zero attached hydrogens (tertiary/aromatic N) is 2. The van der Waals surface area contributed by atoms with E-state index < -0.39 is 23.9 Å². The average Bonchev–Trinajstić information content (AvgIpc) is 3.18. The van der Waals surface area contributed by atoms with E-state index in [9.17, 15) is 19.5 Å². The van der Waals surface area contributed by atoms with Crippen LogP contribution in [0.4, 0.5) is 10.5 Å². The van der Waals surface area contributed by atoms with Gasteiger partial charge in [0.15, 0.2) is 11.5 Å². The van der Waals surface area contributed by atoms with E-state index in [-0.39, 0.29) is 29.0 Å². The molecule has 0 radical (unpaired) electrons. The molecule has 5 rings (SSSR count). The van der Waals surface area contributed by atoms with Crippen LogP contribution in [0.25, 0.3) is 11.0 Å². The van der Waals surface area contributed by atoms with Crippen LogP contribution in [0.2, 0.25) is 0 Å². The summed E-state index contributed by atoms with van der Waals surface area (Å²) in [6, 6.07) is 6.64. The molecule has 1 aliphatic carbocycles. The molecule has 0 bridgehead atoms. The van der Waals surface area contributed by atoms with E-state index in [2.05, 4.69) is 14.7 Å². The molecular formula is C20H15N3O7. The number of Topliss-reactive ketones (excluding diaryl/α,β-unsaturated/α-hetero) is 1. The smallest absolute Gasteiger partial charge is 0.503 e. The number of benzene rings is 1. The van der Waals surface area contributed by atoms with Gasteiger partial charge in [0.1, 0.15) is 11.8 Å². The van der Waals surface area contributed by atoms with Crippen LogP contribution in [-0.4, -0.2) is 38.0 Å². The number of imidazole rings is 1. The average molecular weight is 409 g/mol. The molecule has 10 nitrogen and oxygen atoms in total. The van der Waals surface area contributed by atoms with Crippen LogP contribution in [0.5, 0.6) is 5.95 Å². The summed E-state index contributed by atoms with van der Waals surface area (Å²) in [6.07, 6.45) is 1.31. The van der Waals surface area contributed by atoms with Crippen LogP contribution in [0.15, 0.2) is 52.4 Å². The van der Waals surface area contributed by atoms with E-state index in [1.54, 1.807) is 18.2 Å². The van der Waals surface area contributed by atoms with E-state index in [0.29, 0.717) is 29.6 Å². The van der Waals surface area contributed by atoms with E-state index in [1.165, 1.54) is 23.4 Å². The Morgan fingerprint density at radius 3 is 2.77 bits per heavy atom. The third-order valence-corrected chi connectivity index (χ3v) is 5.16. The first kappa shape index (κ1) is 18.0. The zero-order chi connectivity index (χ0) is 21.0. The number of rotatable bonds is 5. The number of fused-ring (bicyclic) bond motifs is 1. The van der Waals surface area contributed by atoms with E-state index >= 15 is 0 Å². The first-order valence-corrected chi connectivity index (χ1v) is 9.18. The fraction of sp³-hybridized carbons (Fsp3) is 0.200. The third kappa shape index (κ3) is 2.81. The summed E-state index contributed by atoms with van der Waals surface area (Å²) in [4.78, 5) is 45.0.